The molecule has 3 amide bonds. The van der Waals surface area contributed by atoms with E-state index in [2.05, 4.69) is 20.9 Å². The summed E-state index contributed by atoms with van der Waals surface area (Å²) in [5, 5.41) is 7.91. The van der Waals surface area contributed by atoms with E-state index in [4.69, 9.17) is 9.47 Å². The number of nitrogens with zero attached hydrogens (tertiary/aromatic N) is 1. The van der Waals surface area contributed by atoms with Crippen molar-refractivity contribution < 1.29 is 28.7 Å². The van der Waals surface area contributed by atoms with Crippen LogP contribution in [0, 0.1) is 0 Å². The van der Waals surface area contributed by atoms with Crippen LogP contribution < -0.4 is 16.0 Å². The van der Waals surface area contributed by atoms with Crippen LogP contribution in [0.3, 0.4) is 0 Å². The second-order valence-corrected chi connectivity index (χ2v) is 8.08. The number of aromatic nitrogens is 1. The molecule has 0 saturated heterocycles. The lowest BCUT2D eigenvalue weighted by molar-refractivity contribution is -0.144. The average molecular weight is 451 g/mol. The Morgan fingerprint density at radius 3 is 2.47 bits per heavy atom. The van der Waals surface area contributed by atoms with Gasteiger partial charge in [-0.1, -0.05) is 6.07 Å². The maximum Gasteiger partial charge on any atom is 0.407 e. The number of pyridine rings is 1. The first-order valence-electron chi connectivity index (χ1n) is 10.7. The smallest absolute Gasteiger partial charge is 0.407 e. The number of amides is 3. The van der Waals surface area contributed by atoms with Crippen LogP contribution in [0.2, 0.25) is 0 Å². The van der Waals surface area contributed by atoms with E-state index in [1.54, 1.807) is 52.2 Å². The fourth-order valence-corrected chi connectivity index (χ4v) is 2.65. The number of esters is 1. The first-order chi connectivity index (χ1) is 15.1. The maximum atomic E-state index is 12.3. The predicted octanol–water partition coefficient (Wildman–Crippen LogP) is 2.00. The minimum atomic E-state index is -0.605. The Balaban J connectivity index is 2.34. The summed E-state index contributed by atoms with van der Waals surface area (Å²) in [4.78, 5) is 51.6. The second kappa shape index (κ2) is 14.0. The molecule has 1 atom stereocenters. The van der Waals surface area contributed by atoms with Gasteiger partial charge in [-0.05, 0) is 52.2 Å². The lowest BCUT2D eigenvalue weighted by Gasteiger charge is -2.19. The Hall–Kier alpha value is -3.17. The van der Waals surface area contributed by atoms with E-state index < -0.39 is 29.6 Å². The number of alkyl carbamates (subject to hydrolysis) is 1. The Labute approximate surface area is 188 Å². The van der Waals surface area contributed by atoms with E-state index >= 15 is 0 Å². The van der Waals surface area contributed by atoms with Crippen LogP contribution in [0.4, 0.5) is 4.79 Å². The first-order valence-corrected chi connectivity index (χ1v) is 10.7. The van der Waals surface area contributed by atoms with Crippen LogP contribution in [0.1, 0.15) is 65.0 Å². The molecule has 10 nitrogen and oxygen atoms in total. The third kappa shape index (κ3) is 12.5. The highest BCUT2D eigenvalue weighted by Gasteiger charge is 2.20. The number of rotatable bonds is 12. The number of carbonyl (C=O) groups is 4. The minimum absolute atomic E-state index is 0.0378. The van der Waals surface area contributed by atoms with Gasteiger partial charge in [0.05, 0.1) is 25.6 Å². The summed E-state index contributed by atoms with van der Waals surface area (Å²) < 4.78 is 10.1. The number of carbonyl (C=O) groups excluding carboxylic acids is 4. The number of nitrogens with one attached hydrogen (secondary N) is 3. The van der Waals surface area contributed by atoms with Crippen molar-refractivity contribution in [2.75, 3.05) is 19.7 Å². The van der Waals surface area contributed by atoms with Crippen molar-refractivity contribution in [3.63, 3.8) is 0 Å². The van der Waals surface area contributed by atoms with Gasteiger partial charge < -0.3 is 25.4 Å². The van der Waals surface area contributed by atoms with Crippen molar-refractivity contribution in [2.24, 2.45) is 0 Å². The Morgan fingerprint density at radius 1 is 1.09 bits per heavy atom. The molecule has 1 heterocycles. The highest BCUT2D eigenvalue weighted by molar-refractivity contribution is 5.85. The zero-order chi connectivity index (χ0) is 24.0. The SMILES string of the molecule is CCOC(=O)C[C@H](NC(=O)CNC(=O)CCCCNC(=O)OC(C)(C)C)c1cccnc1. The Kier molecular flexibility index (Phi) is 11.8. The Morgan fingerprint density at radius 2 is 1.84 bits per heavy atom. The van der Waals surface area contributed by atoms with Crippen molar-refractivity contribution >= 4 is 23.9 Å². The van der Waals surface area contributed by atoms with Gasteiger partial charge in [-0.3, -0.25) is 19.4 Å². The molecular formula is C22H34N4O6. The predicted molar refractivity (Wildman–Crippen MR) is 117 cm³/mol. The molecule has 178 valence electrons. The van der Waals surface area contributed by atoms with Gasteiger partial charge in [0.25, 0.3) is 0 Å². The molecule has 1 rings (SSSR count). The van der Waals surface area contributed by atoms with Crippen LogP contribution >= 0.6 is 0 Å². The summed E-state index contributed by atoms with van der Waals surface area (Å²) in [6.07, 6.45) is 3.99. The van der Waals surface area contributed by atoms with E-state index in [0.717, 1.165) is 0 Å². The number of ether oxygens (including phenoxy) is 2. The summed E-state index contributed by atoms with van der Waals surface area (Å²) in [6.45, 7) is 7.47. The Bertz CT molecular complexity index is 749. The molecule has 0 unspecified atom stereocenters. The molecule has 0 saturated carbocycles. The summed E-state index contributed by atoms with van der Waals surface area (Å²) in [7, 11) is 0. The molecule has 0 aliphatic heterocycles. The van der Waals surface area contributed by atoms with Crippen molar-refractivity contribution in [1.82, 2.24) is 20.9 Å². The van der Waals surface area contributed by atoms with Crippen molar-refractivity contribution in [3.8, 4) is 0 Å². The molecule has 0 aliphatic carbocycles. The number of hydrogen-bond acceptors (Lipinski definition) is 7. The fraction of sp³-hybridized carbons (Fsp3) is 0.591. The maximum absolute atomic E-state index is 12.3. The lowest BCUT2D eigenvalue weighted by Crippen LogP contribution is -2.39. The van der Waals surface area contributed by atoms with Crippen LogP contribution in [0.15, 0.2) is 24.5 Å². The highest BCUT2D eigenvalue weighted by atomic mass is 16.6. The highest BCUT2D eigenvalue weighted by Crippen LogP contribution is 2.16. The minimum Gasteiger partial charge on any atom is -0.466 e. The van der Waals surface area contributed by atoms with Crippen LogP contribution in [-0.2, 0) is 23.9 Å². The summed E-state index contributed by atoms with van der Waals surface area (Å²) in [5.41, 5.74) is 0.106. The standard InChI is InChI=1S/C22H34N4O6/c1-5-31-20(29)13-17(16-9-8-11-23-14-16)26-19(28)15-25-18(27)10-6-7-12-24-21(30)32-22(2,3)4/h8-9,11,14,17H,5-7,10,12-13,15H2,1-4H3,(H,24,30)(H,25,27)(H,26,28)/t17-/m0/s1. The van der Waals surface area contributed by atoms with Crippen LogP contribution in [-0.4, -0.2) is 54.2 Å². The van der Waals surface area contributed by atoms with Gasteiger partial charge in [0.1, 0.15) is 5.60 Å². The van der Waals surface area contributed by atoms with E-state index in [-0.39, 0.29) is 31.9 Å². The third-order valence-electron chi connectivity index (χ3n) is 4.04. The third-order valence-corrected chi connectivity index (χ3v) is 4.04. The average Bonchev–Trinajstić information content (AvgIpc) is 2.71. The van der Waals surface area contributed by atoms with Crippen LogP contribution in [0.25, 0.3) is 0 Å². The van der Waals surface area contributed by atoms with Gasteiger partial charge in [0.15, 0.2) is 0 Å². The zero-order valence-electron chi connectivity index (χ0n) is 19.2. The molecular weight excluding hydrogens is 416 g/mol. The van der Waals surface area contributed by atoms with E-state index in [9.17, 15) is 19.2 Å². The molecule has 0 aromatic carbocycles. The fourth-order valence-electron chi connectivity index (χ4n) is 2.65. The van der Waals surface area contributed by atoms with E-state index in [0.29, 0.717) is 24.9 Å². The topological polar surface area (TPSA) is 136 Å². The summed E-state index contributed by atoms with van der Waals surface area (Å²) in [6, 6.07) is 2.85. The zero-order valence-corrected chi connectivity index (χ0v) is 19.2. The van der Waals surface area contributed by atoms with Crippen LogP contribution in [0.5, 0.6) is 0 Å². The molecule has 3 N–H and O–H groups in total. The largest absolute Gasteiger partial charge is 0.466 e. The molecule has 32 heavy (non-hydrogen) atoms. The monoisotopic (exact) mass is 450 g/mol. The van der Waals surface area contributed by atoms with Gasteiger partial charge in [-0.2, -0.15) is 0 Å². The molecule has 0 radical (unpaired) electrons. The van der Waals surface area contributed by atoms with E-state index in [1.165, 1.54) is 0 Å². The quantitative estimate of drug-likeness (QED) is 0.327. The number of unbranched alkanes of at least 4 members (excludes halogenated alkanes) is 1. The summed E-state index contributed by atoms with van der Waals surface area (Å²) >= 11 is 0. The van der Waals surface area contributed by atoms with Gasteiger partial charge in [-0.15, -0.1) is 0 Å². The van der Waals surface area contributed by atoms with E-state index in [1.807, 2.05) is 0 Å². The lowest BCUT2D eigenvalue weighted by atomic mass is 10.1. The molecule has 0 fully saturated rings. The number of hydrogen-bond donors (Lipinski definition) is 3. The van der Waals surface area contributed by atoms with Crippen molar-refractivity contribution in [3.05, 3.63) is 30.1 Å². The van der Waals surface area contributed by atoms with Gasteiger partial charge in [-0.25, -0.2) is 4.79 Å². The van der Waals surface area contributed by atoms with Gasteiger partial charge >= 0.3 is 12.1 Å². The molecule has 0 bridgehead atoms. The van der Waals surface area contributed by atoms with Crippen molar-refractivity contribution in [1.29, 1.82) is 0 Å². The first kappa shape index (κ1) is 26.9. The molecule has 10 heteroatoms. The van der Waals surface area contributed by atoms with Gasteiger partial charge in [0.2, 0.25) is 11.8 Å². The second-order valence-electron chi connectivity index (χ2n) is 8.08. The summed E-state index contributed by atoms with van der Waals surface area (Å²) in [5.74, 6) is -1.14. The van der Waals surface area contributed by atoms with Crippen molar-refractivity contribution in [2.45, 2.75) is 65.0 Å². The molecule has 0 spiro atoms. The molecule has 1 aromatic rings. The normalized spacial score (nSPS) is 11.8. The molecule has 0 aliphatic rings. The molecule has 1 aromatic heterocycles. The van der Waals surface area contributed by atoms with Gasteiger partial charge in [0, 0.05) is 25.4 Å².